The van der Waals surface area contributed by atoms with E-state index in [1.165, 1.54) is 25.9 Å². The van der Waals surface area contributed by atoms with Gasteiger partial charge in [-0.3, -0.25) is 10.2 Å². The quantitative estimate of drug-likeness (QED) is 0.901. The first-order chi connectivity index (χ1) is 13.2. The summed E-state index contributed by atoms with van der Waals surface area (Å²) in [6.07, 6.45) is 3.97. The maximum absolute atomic E-state index is 6.32. The first kappa shape index (κ1) is 16.5. The van der Waals surface area contributed by atoms with Crippen LogP contribution in [-0.4, -0.2) is 59.8 Å². The molecule has 0 aliphatic carbocycles. The first-order valence-electron chi connectivity index (χ1n) is 9.43. The van der Waals surface area contributed by atoms with Gasteiger partial charge in [-0.2, -0.15) is 0 Å². The number of nitrogens with zero attached hydrogens (tertiary/aromatic N) is 4. The molecule has 7 nitrogen and oxygen atoms in total. The number of benzene rings is 1. The van der Waals surface area contributed by atoms with Crippen molar-refractivity contribution in [2.24, 2.45) is 10.9 Å². The van der Waals surface area contributed by atoms with E-state index in [0.717, 1.165) is 30.1 Å². The molecule has 7 heteroatoms. The van der Waals surface area contributed by atoms with Crippen LogP contribution in [0.2, 0.25) is 0 Å². The third-order valence-electron chi connectivity index (χ3n) is 5.90. The van der Waals surface area contributed by atoms with E-state index >= 15 is 0 Å². The van der Waals surface area contributed by atoms with E-state index < -0.39 is 0 Å². The minimum atomic E-state index is -0.148. The minimum absolute atomic E-state index is 0.148. The Morgan fingerprint density at radius 3 is 2.70 bits per heavy atom. The summed E-state index contributed by atoms with van der Waals surface area (Å²) < 4.78 is 11.5. The molecule has 5 heterocycles. The van der Waals surface area contributed by atoms with Crippen LogP contribution in [-0.2, 0) is 4.74 Å². The molecule has 6 rings (SSSR count). The van der Waals surface area contributed by atoms with Gasteiger partial charge in [0, 0.05) is 24.1 Å². The number of anilines is 1. The zero-order valence-electron chi connectivity index (χ0n) is 15.4. The number of ether oxygens (including phenoxy) is 2. The van der Waals surface area contributed by atoms with Crippen LogP contribution in [0.5, 0.6) is 5.75 Å². The second kappa shape index (κ2) is 6.49. The van der Waals surface area contributed by atoms with E-state index in [2.05, 4.69) is 25.2 Å². The largest absolute Gasteiger partial charge is 0.497 e. The molecule has 1 spiro atoms. The topological polar surface area (TPSA) is 71.9 Å². The van der Waals surface area contributed by atoms with Crippen molar-refractivity contribution in [3.8, 4) is 17.0 Å². The van der Waals surface area contributed by atoms with Gasteiger partial charge >= 0.3 is 0 Å². The third kappa shape index (κ3) is 3.02. The van der Waals surface area contributed by atoms with Crippen LogP contribution in [0.1, 0.15) is 12.8 Å². The Bertz CT molecular complexity index is 861. The standard InChI is InChI=1S/C20H23N5O2/c1-26-16-4-2-14(3-5-16)17-10-18(23-13-22-17)24-19-21-11-20(27-19)12-25-8-6-15(20)7-9-25/h2-5,10,13,15H,6-9,11-12H2,1H3,(H,21,22,23,24)/t20-/m0/s1. The predicted molar refractivity (Wildman–Crippen MR) is 103 cm³/mol. The Morgan fingerprint density at radius 1 is 1.19 bits per heavy atom. The van der Waals surface area contributed by atoms with E-state index in [1.807, 2.05) is 30.3 Å². The molecule has 4 aliphatic heterocycles. The second-order valence-electron chi connectivity index (χ2n) is 7.48. The zero-order valence-corrected chi connectivity index (χ0v) is 15.4. The molecule has 1 N–H and O–H groups in total. The predicted octanol–water partition coefficient (Wildman–Crippen LogP) is 2.41. The summed E-state index contributed by atoms with van der Waals surface area (Å²) in [5.41, 5.74) is 1.70. The highest BCUT2D eigenvalue weighted by molar-refractivity contribution is 5.90. The summed E-state index contributed by atoms with van der Waals surface area (Å²) in [5, 5.41) is 3.24. The van der Waals surface area contributed by atoms with Crippen molar-refractivity contribution in [2.75, 3.05) is 38.6 Å². The lowest BCUT2D eigenvalue weighted by atomic mass is 9.75. The molecule has 2 aromatic rings. The zero-order chi connectivity index (χ0) is 18.3. The van der Waals surface area contributed by atoms with E-state index in [0.29, 0.717) is 17.8 Å². The monoisotopic (exact) mass is 365 g/mol. The molecule has 3 saturated heterocycles. The minimum Gasteiger partial charge on any atom is -0.497 e. The Balaban J connectivity index is 1.30. The third-order valence-corrected chi connectivity index (χ3v) is 5.90. The van der Waals surface area contributed by atoms with Crippen LogP contribution in [0.15, 0.2) is 41.7 Å². The lowest BCUT2D eigenvalue weighted by Crippen LogP contribution is -2.61. The molecule has 0 saturated carbocycles. The number of nitrogens with one attached hydrogen (secondary N) is 1. The van der Waals surface area contributed by atoms with Gasteiger partial charge in [0.25, 0.3) is 6.02 Å². The first-order valence-corrected chi connectivity index (χ1v) is 9.43. The van der Waals surface area contributed by atoms with Crippen LogP contribution in [0, 0.1) is 5.92 Å². The van der Waals surface area contributed by atoms with Crippen LogP contribution < -0.4 is 10.1 Å². The molecule has 1 aromatic carbocycles. The molecule has 3 fully saturated rings. The fourth-order valence-electron chi connectivity index (χ4n) is 4.40. The Morgan fingerprint density at radius 2 is 2.00 bits per heavy atom. The molecule has 27 heavy (non-hydrogen) atoms. The number of piperidine rings is 3. The van der Waals surface area contributed by atoms with Crippen molar-refractivity contribution in [3.63, 3.8) is 0 Å². The summed E-state index contributed by atoms with van der Waals surface area (Å²) in [6.45, 7) is 4.09. The van der Waals surface area contributed by atoms with Gasteiger partial charge in [0.05, 0.1) is 19.3 Å². The molecule has 1 atom stereocenters. The van der Waals surface area contributed by atoms with Gasteiger partial charge in [0.1, 0.15) is 23.5 Å². The molecule has 0 amide bonds. The molecule has 0 unspecified atom stereocenters. The summed E-state index contributed by atoms with van der Waals surface area (Å²) in [6, 6.07) is 10.3. The number of rotatable bonds is 3. The van der Waals surface area contributed by atoms with Gasteiger partial charge in [-0.15, -0.1) is 0 Å². The Labute approximate surface area is 158 Å². The maximum Gasteiger partial charge on any atom is 0.291 e. The van der Waals surface area contributed by atoms with E-state index in [-0.39, 0.29) is 5.60 Å². The van der Waals surface area contributed by atoms with Crippen LogP contribution in [0.3, 0.4) is 0 Å². The highest BCUT2D eigenvalue weighted by Crippen LogP contribution is 2.40. The van der Waals surface area contributed by atoms with Crippen molar-refractivity contribution in [3.05, 3.63) is 36.7 Å². The number of aromatic nitrogens is 2. The molecule has 4 aliphatic rings. The highest BCUT2D eigenvalue weighted by Gasteiger charge is 2.51. The number of fused-ring (bicyclic) bond motifs is 2. The van der Waals surface area contributed by atoms with E-state index in [4.69, 9.17) is 9.47 Å². The number of hydrogen-bond donors (Lipinski definition) is 1. The lowest BCUT2D eigenvalue weighted by Gasteiger charge is -2.50. The van der Waals surface area contributed by atoms with E-state index in [9.17, 15) is 0 Å². The number of amidine groups is 1. The number of hydrogen-bond acceptors (Lipinski definition) is 7. The van der Waals surface area contributed by atoms with Crippen LogP contribution in [0.4, 0.5) is 5.82 Å². The van der Waals surface area contributed by atoms with Gasteiger partial charge in [-0.05, 0) is 50.2 Å². The molecule has 1 aromatic heterocycles. The summed E-state index contributed by atoms with van der Waals surface area (Å²) >= 11 is 0. The average Bonchev–Trinajstić information content (AvgIpc) is 3.11. The summed E-state index contributed by atoms with van der Waals surface area (Å²) in [4.78, 5) is 15.8. The van der Waals surface area contributed by atoms with Gasteiger partial charge in [0.15, 0.2) is 0 Å². The molecular formula is C20H23N5O2. The van der Waals surface area contributed by atoms with Gasteiger partial charge in [-0.25, -0.2) is 15.0 Å². The molecule has 0 radical (unpaired) electrons. The number of methoxy groups -OCH3 is 1. The van der Waals surface area contributed by atoms with Crippen LogP contribution >= 0.6 is 0 Å². The van der Waals surface area contributed by atoms with Gasteiger partial charge < -0.3 is 9.47 Å². The smallest absolute Gasteiger partial charge is 0.291 e. The Hall–Kier alpha value is -2.67. The van der Waals surface area contributed by atoms with E-state index in [1.54, 1.807) is 13.4 Å². The van der Waals surface area contributed by atoms with Gasteiger partial charge in [-0.1, -0.05) is 0 Å². The van der Waals surface area contributed by atoms with Crippen molar-refractivity contribution in [1.29, 1.82) is 0 Å². The summed E-state index contributed by atoms with van der Waals surface area (Å²) in [7, 11) is 1.66. The second-order valence-corrected chi connectivity index (χ2v) is 7.48. The Kier molecular flexibility index (Phi) is 3.97. The molecular weight excluding hydrogens is 342 g/mol. The van der Waals surface area contributed by atoms with Crippen molar-refractivity contribution < 1.29 is 9.47 Å². The highest BCUT2D eigenvalue weighted by atomic mass is 16.5. The van der Waals surface area contributed by atoms with Gasteiger partial charge in [0.2, 0.25) is 0 Å². The summed E-state index contributed by atoms with van der Waals surface area (Å²) in [5.74, 6) is 2.11. The SMILES string of the molecule is COc1ccc(-c2cc(NC3=NC[C@@]4(CN5CCC4CC5)O3)ncn2)cc1. The number of aliphatic imine (C=N–C) groups is 1. The normalized spacial score (nSPS) is 28.7. The van der Waals surface area contributed by atoms with Crippen molar-refractivity contribution in [1.82, 2.24) is 14.9 Å². The maximum atomic E-state index is 6.32. The van der Waals surface area contributed by atoms with Crippen molar-refractivity contribution in [2.45, 2.75) is 18.4 Å². The van der Waals surface area contributed by atoms with Crippen LogP contribution in [0.25, 0.3) is 11.3 Å². The fraction of sp³-hybridized carbons (Fsp3) is 0.450. The molecule has 140 valence electrons. The fourth-order valence-corrected chi connectivity index (χ4v) is 4.40. The average molecular weight is 365 g/mol. The van der Waals surface area contributed by atoms with Crippen molar-refractivity contribution >= 4 is 11.8 Å². The lowest BCUT2D eigenvalue weighted by molar-refractivity contribution is -0.0829. The molecule has 2 bridgehead atoms.